The normalized spacial score (nSPS) is 10.4. The molecule has 9 nitrogen and oxygen atoms in total. The second-order valence-electron chi connectivity index (χ2n) is 25.0. The first-order valence-corrected chi connectivity index (χ1v) is 37.1. The molecule has 20 rings (SSSR count). The molecule has 0 fully saturated rings. The van der Waals surface area contributed by atoms with Gasteiger partial charge in [-0.3, -0.25) is 24.9 Å². The Morgan fingerprint density at radius 3 is 1.33 bits per heavy atom. The van der Waals surface area contributed by atoms with Gasteiger partial charge in [-0.05, 0) is 194 Å². The van der Waals surface area contributed by atoms with Gasteiger partial charge in [0.2, 0.25) is 0 Å². The third kappa shape index (κ3) is 20.5. The number of rotatable bonds is 0. The Balaban J connectivity index is 0.000000118. The van der Waals surface area contributed by atoms with E-state index in [0.29, 0.717) is 0 Å². The first kappa shape index (κ1) is 74.3. The molecule has 10 heterocycles. The molecule has 0 aliphatic carbocycles. The second-order valence-corrected chi connectivity index (χ2v) is 28.2. The molecule has 520 valence electrons. The number of aryl methyl sites for hydroxylation is 10. The summed E-state index contributed by atoms with van der Waals surface area (Å²) in [7, 11) is 0. The van der Waals surface area contributed by atoms with Crippen molar-refractivity contribution in [3.05, 3.63) is 379 Å². The molecule has 10 aromatic heterocycles. The number of thiophene rings is 3. The lowest BCUT2D eigenvalue weighted by molar-refractivity contribution is 0.666. The van der Waals surface area contributed by atoms with Crippen LogP contribution in [0.3, 0.4) is 0 Å². The van der Waals surface area contributed by atoms with Gasteiger partial charge in [0, 0.05) is 150 Å². The van der Waals surface area contributed by atoms with Crippen molar-refractivity contribution in [1.29, 1.82) is 0 Å². The van der Waals surface area contributed by atoms with E-state index in [9.17, 15) is 0 Å². The SMILES string of the molecule is Cc1ccc2oc3ccccc3c2c1.Cc1ccc2sc3ccccc3c2c1.Cc1cccc2c1oc1ccccc12.Cc1cccc2c1sc1ccccc12.Cc1cccc2sc3ccccc3c12.Cc1ccccn1.Cc1cccnc1.Cc1ccncc1.Cc1cnccn1.Cc1ncccn1. The third-order valence-corrected chi connectivity index (χ3v) is 20.3. The number of fused-ring (bicyclic) bond motifs is 15. The van der Waals surface area contributed by atoms with Crippen LogP contribution in [0.25, 0.3) is 104 Å². The van der Waals surface area contributed by atoms with Crippen molar-refractivity contribution in [2.45, 2.75) is 69.2 Å². The molecule has 10 aromatic carbocycles. The highest BCUT2D eigenvalue weighted by molar-refractivity contribution is 7.26. The predicted octanol–water partition coefficient (Wildman–Crippen LogP) is 26.6. The molecule has 0 saturated heterocycles. The van der Waals surface area contributed by atoms with Gasteiger partial charge in [-0.1, -0.05) is 175 Å². The summed E-state index contributed by atoms with van der Waals surface area (Å²) in [6.45, 7) is 20.5. The fourth-order valence-electron chi connectivity index (χ4n) is 11.5. The molecule has 0 bridgehead atoms. The fourth-order valence-corrected chi connectivity index (χ4v) is 14.9. The maximum absolute atomic E-state index is 5.78. The Bertz CT molecular complexity index is 5580. The van der Waals surface area contributed by atoms with E-state index in [0.717, 1.165) is 39.5 Å². The van der Waals surface area contributed by atoms with E-state index in [1.807, 2.05) is 160 Å². The van der Waals surface area contributed by atoms with Crippen LogP contribution in [-0.2, 0) is 0 Å². The van der Waals surface area contributed by atoms with Gasteiger partial charge in [0.25, 0.3) is 0 Å². The van der Waals surface area contributed by atoms with Crippen LogP contribution in [0.1, 0.15) is 56.2 Å². The fraction of sp³-hybridized carbons (Fsp3) is 0.108. The summed E-state index contributed by atoms with van der Waals surface area (Å²) in [5.74, 6) is 0.822. The molecule has 0 radical (unpaired) electrons. The minimum absolute atomic E-state index is 0.822. The van der Waals surface area contributed by atoms with Gasteiger partial charge in [0.1, 0.15) is 28.2 Å². The summed E-state index contributed by atoms with van der Waals surface area (Å²) in [6, 6.07) is 89.9. The quantitative estimate of drug-likeness (QED) is 0.146. The van der Waals surface area contributed by atoms with Crippen LogP contribution in [0.15, 0.2) is 332 Å². The van der Waals surface area contributed by atoms with Crippen molar-refractivity contribution >= 4 is 138 Å². The zero-order valence-corrected chi connectivity index (χ0v) is 63.2. The molecule has 20 aromatic rings. The van der Waals surface area contributed by atoms with Gasteiger partial charge in [0.15, 0.2) is 0 Å². The summed E-state index contributed by atoms with van der Waals surface area (Å²) in [5.41, 5.74) is 15.0. The van der Waals surface area contributed by atoms with Crippen LogP contribution in [-0.4, -0.2) is 34.9 Å². The van der Waals surface area contributed by atoms with Crippen molar-refractivity contribution in [2.75, 3.05) is 0 Å². The van der Waals surface area contributed by atoms with Crippen LogP contribution in [0.2, 0.25) is 0 Å². The number of nitrogens with zero attached hydrogens (tertiary/aromatic N) is 7. The van der Waals surface area contributed by atoms with Crippen LogP contribution >= 0.6 is 34.0 Å². The molecular formula is C93H83N7O2S3. The lowest BCUT2D eigenvalue weighted by Gasteiger charge is -1.95. The first-order chi connectivity index (χ1) is 51.2. The topological polar surface area (TPSA) is 117 Å². The van der Waals surface area contributed by atoms with Gasteiger partial charge in [0.05, 0.1) is 5.69 Å². The zero-order valence-electron chi connectivity index (χ0n) is 60.8. The summed E-state index contributed by atoms with van der Waals surface area (Å²) >= 11 is 5.63. The molecule has 0 spiro atoms. The van der Waals surface area contributed by atoms with Crippen molar-refractivity contribution in [3.8, 4) is 0 Å². The maximum atomic E-state index is 5.78. The largest absolute Gasteiger partial charge is 0.456 e. The Kier molecular flexibility index (Phi) is 26.4. The molecule has 0 atom stereocenters. The molecule has 12 heteroatoms. The smallest absolute Gasteiger partial charge is 0.138 e. The Labute approximate surface area is 626 Å². The molecule has 0 aliphatic rings. The van der Waals surface area contributed by atoms with E-state index in [4.69, 9.17) is 8.83 Å². The second kappa shape index (κ2) is 37.3. The minimum atomic E-state index is 0.822. The molecule has 0 amide bonds. The van der Waals surface area contributed by atoms with Crippen LogP contribution in [0.4, 0.5) is 0 Å². The number of pyridine rings is 3. The molecular weight excluding hydrogens is 1340 g/mol. The number of hydrogen-bond acceptors (Lipinski definition) is 12. The average molecular weight is 1430 g/mol. The summed E-state index contributed by atoms with van der Waals surface area (Å²) in [4.78, 5) is 27.2. The van der Waals surface area contributed by atoms with E-state index in [1.54, 1.807) is 61.8 Å². The molecule has 0 unspecified atom stereocenters. The maximum Gasteiger partial charge on any atom is 0.138 e. The number of benzene rings is 10. The Morgan fingerprint density at radius 1 is 0.248 bits per heavy atom. The lowest BCUT2D eigenvalue weighted by Crippen LogP contribution is -1.80. The lowest BCUT2D eigenvalue weighted by atomic mass is 10.1. The number of aromatic nitrogens is 7. The summed E-state index contributed by atoms with van der Waals surface area (Å²) < 4.78 is 19.9. The van der Waals surface area contributed by atoms with E-state index in [1.165, 1.54) is 121 Å². The zero-order chi connectivity index (χ0) is 73.3. The first-order valence-electron chi connectivity index (χ1n) is 34.7. The van der Waals surface area contributed by atoms with E-state index >= 15 is 0 Å². The predicted molar refractivity (Wildman–Crippen MR) is 450 cm³/mol. The van der Waals surface area contributed by atoms with Gasteiger partial charge < -0.3 is 8.83 Å². The molecule has 0 aliphatic heterocycles. The van der Waals surface area contributed by atoms with Crippen molar-refractivity contribution in [1.82, 2.24) is 34.9 Å². The van der Waals surface area contributed by atoms with E-state index in [-0.39, 0.29) is 0 Å². The van der Waals surface area contributed by atoms with Gasteiger partial charge in [-0.15, -0.1) is 34.0 Å². The molecule has 0 N–H and O–H groups in total. The number of hydrogen-bond donors (Lipinski definition) is 0. The molecule has 105 heavy (non-hydrogen) atoms. The van der Waals surface area contributed by atoms with E-state index in [2.05, 4.69) is 239 Å². The average Bonchev–Trinajstić information content (AvgIpc) is 1.73. The highest BCUT2D eigenvalue weighted by Crippen LogP contribution is 2.38. The highest BCUT2D eigenvalue weighted by atomic mass is 32.1. The standard InChI is InChI=1S/2C13H10O.3C13H10S.3C6H7N.2C5H6N2/c1-9-5-4-7-11-10-6-2-3-8-12(10)14-13(9)11;1-9-6-7-13-11(8-9)10-4-2-3-5-12(10)14-13;1-9-5-4-7-11-10-6-2-3-8-12(10)14-13(9)11;1-9-5-4-8-12-13(9)10-6-2-3-7-11(10)14-12;1-9-6-7-13-11(8-9)10-4-2-3-5-12(10)14-13;1-6-2-4-7-5-3-6;1-6-3-2-4-7-5-6;1-6-4-2-3-5-7-6;1-5-4-6-2-3-7-5;1-5-6-3-2-4-7-5/h5*2-8H,1H3;3*2-5H,1H3;2*2-4H,1H3. The van der Waals surface area contributed by atoms with Crippen LogP contribution < -0.4 is 0 Å². The van der Waals surface area contributed by atoms with Gasteiger partial charge in [-0.25, -0.2) is 9.97 Å². The highest BCUT2D eigenvalue weighted by Gasteiger charge is 2.10. The van der Waals surface area contributed by atoms with Crippen molar-refractivity contribution in [3.63, 3.8) is 0 Å². The van der Waals surface area contributed by atoms with Crippen LogP contribution in [0, 0.1) is 69.2 Å². The number of furan rings is 2. The minimum Gasteiger partial charge on any atom is -0.456 e. The summed E-state index contributed by atoms with van der Waals surface area (Å²) in [5, 5.41) is 13.2. The Morgan fingerprint density at radius 2 is 0.752 bits per heavy atom. The van der Waals surface area contributed by atoms with Gasteiger partial charge in [-0.2, -0.15) is 0 Å². The van der Waals surface area contributed by atoms with E-state index < -0.39 is 0 Å². The van der Waals surface area contributed by atoms with Crippen molar-refractivity contribution < 1.29 is 8.83 Å². The van der Waals surface area contributed by atoms with Gasteiger partial charge >= 0.3 is 0 Å². The molecule has 0 saturated carbocycles. The monoisotopic (exact) mass is 1430 g/mol. The summed E-state index contributed by atoms with van der Waals surface area (Å²) in [6.07, 6.45) is 17.5. The third-order valence-electron chi connectivity index (χ3n) is 16.7. The number of para-hydroxylation sites is 3. The van der Waals surface area contributed by atoms with Crippen molar-refractivity contribution in [2.24, 2.45) is 0 Å². The van der Waals surface area contributed by atoms with Crippen LogP contribution in [0.5, 0.6) is 0 Å². The Hall–Kier alpha value is -11.9.